The smallest absolute Gasteiger partial charge is 0.257 e. The number of morpholine rings is 1. The van der Waals surface area contributed by atoms with Crippen molar-refractivity contribution >= 4 is 34.0 Å². The number of rotatable bonds is 7. The third-order valence-corrected chi connectivity index (χ3v) is 5.68. The summed E-state index contributed by atoms with van der Waals surface area (Å²) in [6.45, 7) is 4.20. The van der Waals surface area contributed by atoms with E-state index in [2.05, 4.69) is 26.6 Å². The molecule has 0 unspecified atom stereocenters. The molecule has 4 rings (SSSR count). The van der Waals surface area contributed by atoms with Crippen LogP contribution in [-0.2, 0) is 22.5 Å². The number of benzene rings is 2. The highest BCUT2D eigenvalue weighted by molar-refractivity contribution is 7.14. The Labute approximate surface area is 185 Å². The molecule has 1 fully saturated rings. The number of carbonyl (C=O) groups excluding carboxylic acids is 2. The lowest BCUT2D eigenvalue weighted by atomic mass is 10.1. The Kier molecular flexibility index (Phi) is 7.03. The number of hydrogen-bond acceptors (Lipinski definition) is 6. The average molecular weight is 437 g/mol. The molecule has 1 aliphatic rings. The third-order valence-electron chi connectivity index (χ3n) is 4.87. The SMILES string of the molecule is O=C(Cc1csc(NC(=O)c2ccccc2)n1)Nc1cccc(CN2CCOCC2)c1. The van der Waals surface area contributed by atoms with Gasteiger partial charge in [-0.1, -0.05) is 30.3 Å². The Bertz CT molecular complexity index is 1030. The Hall–Kier alpha value is -3.07. The summed E-state index contributed by atoms with van der Waals surface area (Å²) in [5.74, 6) is -0.363. The summed E-state index contributed by atoms with van der Waals surface area (Å²) in [4.78, 5) is 31.4. The Morgan fingerprint density at radius 2 is 1.84 bits per heavy atom. The summed E-state index contributed by atoms with van der Waals surface area (Å²) in [6, 6.07) is 16.8. The molecule has 0 atom stereocenters. The average Bonchev–Trinajstić information content (AvgIpc) is 3.21. The maximum Gasteiger partial charge on any atom is 0.257 e. The second-order valence-corrected chi connectivity index (χ2v) is 8.14. The van der Waals surface area contributed by atoms with E-state index in [4.69, 9.17) is 4.74 Å². The van der Waals surface area contributed by atoms with Gasteiger partial charge in [0.2, 0.25) is 5.91 Å². The fourth-order valence-corrected chi connectivity index (χ4v) is 4.04. The number of anilines is 2. The van der Waals surface area contributed by atoms with Gasteiger partial charge in [-0.2, -0.15) is 0 Å². The van der Waals surface area contributed by atoms with Gasteiger partial charge in [-0.15, -0.1) is 11.3 Å². The standard InChI is InChI=1S/C23H24N4O3S/c28-21(24-19-8-4-5-17(13-19)15-27-9-11-30-12-10-27)14-20-16-31-23(25-20)26-22(29)18-6-2-1-3-7-18/h1-8,13,16H,9-12,14-15H2,(H,24,28)(H,25,26,29). The zero-order valence-corrected chi connectivity index (χ0v) is 17.9. The zero-order chi connectivity index (χ0) is 21.5. The van der Waals surface area contributed by atoms with E-state index >= 15 is 0 Å². The van der Waals surface area contributed by atoms with Gasteiger partial charge in [-0.05, 0) is 29.8 Å². The largest absolute Gasteiger partial charge is 0.379 e. The molecule has 1 aliphatic heterocycles. The van der Waals surface area contributed by atoms with Gasteiger partial charge in [0.1, 0.15) is 0 Å². The molecule has 2 heterocycles. The van der Waals surface area contributed by atoms with Crippen molar-refractivity contribution < 1.29 is 14.3 Å². The van der Waals surface area contributed by atoms with Crippen LogP contribution in [0.4, 0.5) is 10.8 Å². The van der Waals surface area contributed by atoms with Crippen LogP contribution in [0.2, 0.25) is 0 Å². The van der Waals surface area contributed by atoms with Crippen LogP contribution in [0.5, 0.6) is 0 Å². The van der Waals surface area contributed by atoms with Crippen LogP contribution in [0, 0.1) is 0 Å². The second-order valence-electron chi connectivity index (χ2n) is 7.28. The highest BCUT2D eigenvalue weighted by atomic mass is 32.1. The van der Waals surface area contributed by atoms with Gasteiger partial charge in [0.15, 0.2) is 5.13 Å². The summed E-state index contributed by atoms with van der Waals surface area (Å²) >= 11 is 1.30. The number of amides is 2. The topological polar surface area (TPSA) is 83.6 Å². The quantitative estimate of drug-likeness (QED) is 0.593. The third kappa shape index (κ3) is 6.21. The highest BCUT2D eigenvalue weighted by Crippen LogP contribution is 2.18. The van der Waals surface area contributed by atoms with Crippen LogP contribution < -0.4 is 10.6 Å². The van der Waals surface area contributed by atoms with Gasteiger partial charge in [0.05, 0.1) is 25.3 Å². The molecule has 2 aromatic carbocycles. The zero-order valence-electron chi connectivity index (χ0n) is 17.0. The number of carbonyl (C=O) groups is 2. The minimum absolute atomic E-state index is 0.144. The van der Waals surface area contributed by atoms with Crippen LogP contribution >= 0.6 is 11.3 Å². The summed E-state index contributed by atoms with van der Waals surface area (Å²) in [7, 11) is 0. The van der Waals surface area contributed by atoms with Gasteiger partial charge < -0.3 is 10.1 Å². The van der Waals surface area contributed by atoms with Crippen LogP contribution in [0.3, 0.4) is 0 Å². The molecular weight excluding hydrogens is 412 g/mol. The van der Waals surface area contributed by atoms with E-state index in [1.807, 2.05) is 36.4 Å². The first-order valence-corrected chi connectivity index (χ1v) is 11.0. The Morgan fingerprint density at radius 1 is 1.03 bits per heavy atom. The van der Waals surface area contributed by atoms with E-state index in [1.54, 1.807) is 17.5 Å². The molecule has 31 heavy (non-hydrogen) atoms. The fourth-order valence-electron chi connectivity index (χ4n) is 3.34. The van der Waals surface area contributed by atoms with E-state index < -0.39 is 0 Å². The predicted octanol–water partition coefficient (Wildman–Crippen LogP) is 3.41. The highest BCUT2D eigenvalue weighted by Gasteiger charge is 2.13. The number of nitrogens with one attached hydrogen (secondary N) is 2. The van der Waals surface area contributed by atoms with E-state index in [9.17, 15) is 9.59 Å². The normalized spacial score (nSPS) is 14.2. The molecular formula is C23H24N4O3S. The number of nitrogens with zero attached hydrogens (tertiary/aromatic N) is 2. The molecule has 7 nitrogen and oxygen atoms in total. The molecule has 2 amide bonds. The summed E-state index contributed by atoms with van der Waals surface area (Å²) in [5.41, 5.74) is 3.10. The fraction of sp³-hybridized carbons (Fsp3) is 0.261. The molecule has 3 aromatic rings. The van der Waals surface area contributed by atoms with Gasteiger partial charge >= 0.3 is 0 Å². The number of thiazole rings is 1. The molecule has 2 N–H and O–H groups in total. The number of hydrogen-bond donors (Lipinski definition) is 2. The first kappa shape index (κ1) is 21.2. The van der Waals surface area contributed by atoms with Crippen molar-refractivity contribution in [1.29, 1.82) is 0 Å². The monoisotopic (exact) mass is 436 g/mol. The maximum absolute atomic E-state index is 12.5. The number of aromatic nitrogens is 1. The summed E-state index contributed by atoms with van der Waals surface area (Å²) in [6.07, 6.45) is 0.144. The van der Waals surface area contributed by atoms with Crippen LogP contribution in [0.1, 0.15) is 21.6 Å². The molecule has 0 spiro atoms. The molecule has 1 aromatic heterocycles. The molecule has 160 valence electrons. The van der Waals surface area contributed by atoms with Gasteiger partial charge in [0.25, 0.3) is 5.91 Å². The van der Waals surface area contributed by atoms with Crippen LogP contribution in [0.15, 0.2) is 60.0 Å². The van der Waals surface area contributed by atoms with E-state index in [-0.39, 0.29) is 18.2 Å². The van der Waals surface area contributed by atoms with Gasteiger partial charge in [-0.25, -0.2) is 4.98 Å². The van der Waals surface area contributed by atoms with Crippen molar-refractivity contribution in [2.75, 3.05) is 36.9 Å². The first-order chi connectivity index (χ1) is 15.2. The molecule has 0 radical (unpaired) electrons. The van der Waals surface area contributed by atoms with Crippen molar-refractivity contribution in [2.45, 2.75) is 13.0 Å². The van der Waals surface area contributed by atoms with E-state index in [1.165, 1.54) is 11.3 Å². The lowest BCUT2D eigenvalue weighted by Crippen LogP contribution is -2.35. The molecule has 0 aliphatic carbocycles. The van der Waals surface area contributed by atoms with E-state index in [0.717, 1.165) is 44.1 Å². The minimum atomic E-state index is -0.219. The van der Waals surface area contributed by atoms with Crippen molar-refractivity contribution in [3.05, 3.63) is 76.8 Å². The second kappa shape index (κ2) is 10.3. The maximum atomic E-state index is 12.5. The Balaban J connectivity index is 1.30. The van der Waals surface area contributed by atoms with Gasteiger partial charge in [0, 0.05) is 36.3 Å². The van der Waals surface area contributed by atoms with Crippen LogP contribution in [-0.4, -0.2) is 48.0 Å². The van der Waals surface area contributed by atoms with Crippen molar-refractivity contribution in [1.82, 2.24) is 9.88 Å². The van der Waals surface area contributed by atoms with Crippen molar-refractivity contribution in [2.24, 2.45) is 0 Å². The molecule has 0 saturated carbocycles. The predicted molar refractivity (Wildman–Crippen MR) is 121 cm³/mol. The lowest BCUT2D eigenvalue weighted by Gasteiger charge is -2.26. The van der Waals surface area contributed by atoms with E-state index in [0.29, 0.717) is 16.4 Å². The van der Waals surface area contributed by atoms with Crippen molar-refractivity contribution in [3.8, 4) is 0 Å². The molecule has 1 saturated heterocycles. The summed E-state index contributed by atoms with van der Waals surface area (Å²) < 4.78 is 5.39. The molecule has 0 bridgehead atoms. The minimum Gasteiger partial charge on any atom is -0.379 e. The lowest BCUT2D eigenvalue weighted by molar-refractivity contribution is -0.115. The molecule has 8 heteroatoms. The summed E-state index contributed by atoms with van der Waals surface area (Å²) in [5, 5.41) is 7.97. The Morgan fingerprint density at radius 3 is 2.65 bits per heavy atom. The first-order valence-electron chi connectivity index (χ1n) is 10.2. The van der Waals surface area contributed by atoms with Crippen LogP contribution in [0.25, 0.3) is 0 Å². The van der Waals surface area contributed by atoms with Gasteiger partial charge in [-0.3, -0.25) is 19.8 Å². The van der Waals surface area contributed by atoms with Crippen molar-refractivity contribution in [3.63, 3.8) is 0 Å². The number of ether oxygens (including phenoxy) is 1.